The molecule has 0 radical (unpaired) electrons. The molecule has 2 N–H and O–H groups in total. The van der Waals surface area contributed by atoms with E-state index in [0.717, 1.165) is 32.2 Å². The lowest BCUT2D eigenvalue weighted by Gasteiger charge is -2.26. The highest BCUT2D eigenvalue weighted by molar-refractivity contribution is 5.46. The molecule has 2 rings (SSSR count). The van der Waals surface area contributed by atoms with Gasteiger partial charge >= 0.3 is 6.61 Å². The molecule has 0 heterocycles. The summed E-state index contributed by atoms with van der Waals surface area (Å²) in [5.74, 6) is 0.803. The number of hydrogen-bond donors (Lipinski definition) is 2. The van der Waals surface area contributed by atoms with E-state index in [1.807, 2.05) is 0 Å². The van der Waals surface area contributed by atoms with E-state index >= 15 is 0 Å². The molecule has 0 spiro atoms. The maximum Gasteiger partial charge on any atom is 0.387 e. The lowest BCUT2D eigenvalue weighted by molar-refractivity contribution is -0.0518. The van der Waals surface area contributed by atoms with Gasteiger partial charge in [0, 0.05) is 12.1 Å². The van der Waals surface area contributed by atoms with Crippen molar-refractivity contribution in [3.63, 3.8) is 0 Å². The summed E-state index contributed by atoms with van der Waals surface area (Å²) in [4.78, 5) is 0. The van der Waals surface area contributed by atoms with Gasteiger partial charge in [0.15, 0.2) is 11.5 Å². The van der Waals surface area contributed by atoms with E-state index in [1.165, 1.54) is 7.11 Å². The highest BCUT2D eigenvalue weighted by Gasteiger charge is 2.20. The van der Waals surface area contributed by atoms with Crippen LogP contribution in [0.25, 0.3) is 0 Å². The molecule has 2 atom stereocenters. The summed E-state index contributed by atoms with van der Waals surface area (Å²) in [6.07, 6.45) is 3.58. The maximum atomic E-state index is 12.5. The van der Waals surface area contributed by atoms with Crippen LogP contribution in [0, 0.1) is 5.92 Å². The Kier molecular flexibility index (Phi) is 6.39. The molecule has 22 heavy (non-hydrogen) atoms. The van der Waals surface area contributed by atoms with Crippen molar-refractivity contribution >= 4 is 0 Å². The molecule has 6 heteroatoms. The van der Waals surface area contributed by atoms with Crippen LogP contribution in [0.4, 0.5) is 8.78 Å². The highest BCUT2D eigenvalue weighted by atomic mass is 19.3. The van der Waals surface area contributed by atoms with E-state index in [0.29, 0.717) is 23.8 Å². The van der Waals surface area contributed by atoms with Gasteiger partial charge in [-0.3, -0.25) is 0 Å². The summed E-state index contributed by atoms with van der Waals surface area (Å²) >= 11 is 0. The molecule has 1 aliphatic carbocycles. The number of ether oxygens (including phenoxy) is 2. The van der Waals surface area contributed by atoms with Gasteiger partial charge in [-0.25, -0.2) is 0 Å². The predicted octanol–water partition coefficient (Wildman–Crippen LogP) is 2.94. The van der Waals surface area contributed by atoms with Crippen LogP contribution in [0.5, 0.6) is 11.5 Å². The Labute approximate surface area is 129 Å². The second kappa shape index (κ2) is 8.29. The lowest BCUT2D eigenvalue weighted by Crippen LogP contribution is -2.29. The molecule has 0 saturated heterocycles. The first-order valence-corrected chi connectivity index (χ1v) is 7.59. The number of benzene rings is 1. The molecular weight excluding hydrogens is 292 g/mol. The van der Waals surface area contributed by atoms with Gasteiger partial charge in [0.1, 0.15) is 0 Å². The van der Waals surface area contributed by atoms with E-state index in [9.17, 15) is 13.9 Å². The molecule has 1 aliphatic rings. The van der Waals surface area contributed by atoms with E-state index in [1.54, 1.807) is 18.2 Å². The van der Waals surface area contributed by atoms with E-state index in [4.69, 9.17) is 4.74 Å². The second-order valence-corrected chi connectivity index (χ2v) is 5.64. The fraction of sp³-hybridized carbons (Fsp3) is 0.625. The molecule has 1 fully saturated rings. The van der Waals surface area contributed by atoms with Crippen molar-refractivity contribution in [2.75, 3.05) is 13.7 Å². The largest absolute Gasteiger partial charge is 0.493 e. The predicted molar refractivity (Wildman–Crippen MR) is 79.3 cm³/mol. The van der Waals surface area contributed by atoms with E-state index < -0.39 is 6.61 Å². The number of aliphatic hydroxyl groups is 1. The molecule has 1 aromatic carbocycles. The van der Waals surface area contributed by atoms with Gasteiger partial charge in [-0.2, -0.15) is 8.78 Å². The third-order valence-electron chi connectivity index (χ3n) is 3.99. The van der Waals surface area contributed by atoms with Crippen molar-refractivity contribution in [3.8, 4) is 11.5 Å². The fourth-order valence-electron chi connectivity index (χ4n) is 2.94. The highest BCUT2D eigenvalue weighted by Crippen LogP contribution is 2.32. The number of halogens is 2. The average molecular weight is 315 g/mol. The molecule has 124 valence electrons. The Bertz CT molecular complexity index is 471. The first-order chi connectivity index (χ1) is 10.6. The van der Waals surface area contributed by atoms with Crippen LogP contribution in [-0.4, -0.2) is 31.5 Å². The normalized spacial score (nSPS) is 21.9. The number of nitrogens with one attached hydrogen (secondary N) is 1. The van der Waals surface area contributed by atoms with Crippen molar-refractivity contribution < 1.29 is 23.4 Å². The zero-order chi connectivity index (χ0) is 15.9. The van der Waals surface area contributed by atoms with Crippen molar-refractivity contribution in [2.24, 2.45) is 5.92 Å². The Balaban J connectivity index is 1.94. The number of hydrogen-bond acceptors (Lipinski definition) is 4. The fourth-order valence-corrected chi connectivity index (χ4v) is 2.94. The molecule has 0 aromatic heterocycles. The van der Waals surface area contributed by atoms with Gasteiger partial charge < -0.3 is 19.9 Å². The van der Waals surface area contributed by atoms with E-state index in [2.05, 4.69) is 10.1 Å². The van der Waals surface area contributed by atoms with Crippen LogP contribution < -0.4 is 14.8 Å². The number of rotatable bonds is 7. The smallest absolute Gasteiger partial charge is 0.387 e. The van der Waals surface area contributed by atoms with Crippen LogP contribution in [0.1, 0.15) is 31.2 Å². The topological polar surface area (TPSA) is 50.7 Å². The summed E-state index contributed by atoms with van der Waals surface area (Å²) in [6.45, 7) is -1.71. The van der Waals surface area contributed by atoms with Gasteiger partial charge in [-0.15, -0.1) is 0 Å². The molecule has 0 amide bonds. The average Bonchev–Trinajstić information content (AvgIpc) is 2.48. The number of para-hydroxylation sites is 1. The molecule has 4 nitrogen and oxygen atoms in total. The van der Waals surface area contributed by atoms with Crippen LogP contribution >= 0.6 is 0 Å². The van der Waals surface area contributed by atoms with Gasteiger partial charge in [0.2, 0.25) is 0 Å². The number of methoxy groups -OCH3 is 1. The molecule has 0 bridgehead atoms. The Hall–Kier alpha value is -1.40. The van der Waals surface area contributed by atoms with Gasteiger partial charge in [-0.05, 0) is 37.8 Å². The first-order valence-electron chi connectivity index (χ1n) is 7.59. The Morgan fingerprint density at radius 3 is 2.86 bits per heavy atom. The van der Waals surface area contributed by atoms with Crippen molar-refractivity contribution in [3.05, 3.63) is 23.8 Å². The standard InChI is InChI=1S/C16H23F2NO3/c1-21-14-7-3-5-12(15(14)22-16(17)18)10-19-9-11-4-2-6-13(20)8-11/h3,5,7,11,13,16,19-20H,2,4,6,8-10H2,1H3. The van der Waals surface area contributed by atoms with Gasteiger partial charge in [0.05, 0.1) is 13.2 Å². The monoisotopic (exact) mass is 315 g/mol. The van der Waals surface area contributed by atoms with Crippen molar-refractivity contribution in [1.82, 2.24) is 5.32 Å². The summed E-state index contributed by atoms with van der Waals surface area (Å²) in [6, 6.07) is 5.08. The Morgan fingerprint density at radius 1 is 1.36 bits per heavy atom. The van der Waals surface area contributed by atoms with E-state index in [-0.39, 0.29) is 11.9 Å². The van der Waals surface area contributed by atoms with Crippen LogP contribution in [0.15, 0.2) is 18.2 Å². The number of alkyl halides is 2. The lowest BCUT2D eigenvalue weighted by atomic mass is 9.87. The van der Waals surface area contributed by atoms with Crippen molar-refractivity contribution in [1.29, 1.82) is 0 Å². The molecule has 1 aromatic rings. The Morgan fingerprint density at radius 2 is 2.18 bits per heavy atom. The zero-order valence-electron chi connectivity index (χ0n) is 12.7. The minimum Gasteiger partial charge on any atom is -0.493 e. The van der Waals surface area contributed by atoms with Crippen LogP contribution in [0.3, 0.4) is 0 Å². The minimum absolute atomic E-state index is 0.0798. The molecular formula is C16H23F2NO3. The van der Waals surface area contributed by atoms with Crippen LogP contribution in [-0.2, 0) is 6.54 Å². The molecule has 1 saturated carbocycles. The first kappa shape index (κ1) is 17.0. The van der Waals surface area contributed by atoms with Gasteiger partial charge in [0.25, 0.3) is 0 Å². The van der Waals surface area contributed by atoms with Crippen molar-refractivity contribution in [2.45, 2.75) is 44.9 Å². The summed E-state index contributed by atoms with van der Waals surface area (Å²) in [5, 5.41) is 12.9. The molecule has 2 unspecified atom stereocenters. The third kappa shape index (κ3) is 4.81. The summed E-state index contributed by atoms with van der Waals surface area (Å²) in [5.41, 5.74) is 0.635. The quantitative estimate of drug-likeness (QED) is 0.812. The third-order valence-corrected chi connectivity index (χ3v) is 3.99. The van der Waals surface area contributed by atoms with Crippen LogP contribution in [0.2, 0.25) is 0 Å². The number of aliphatic hydroxyl groups excluding tert-OH is 1. The van der Waals surface area contributed by atoms with Gasteiger partial charge in [-0.1, -0.05) is 18.6 Å². The molecule has 0 aliphatic heterocycles. The zero-order valence-corrected chi connectivity index (χ0v) is 12.7. The maximum absolute atomic E-state index is 12.5. The summed E-state index contributed by atoms with van der Waals surface area (Å²) < 4.78 is 34.8. The second-order valence-electron chi connectivity index (χ2n) is 5.64. The SMILES string of the molecule is COc1cccc(CNCC2CCCC(O)C2)c1OC(F)F. The summed E-state index contributed by atoms with van der Waals surface area (Å²) in [7, 11) is 1.42. The minimum atomic E-state index is -2.89.